The maximum atomic E-state index is 13.7. The molecule has 4 nitrogen and oxygen atoms in total. The number of halogens is 6. The van der Waals surface area contributed by atoms with Gasteiger partial charge in [0, 0.05) is 24.5 Å². The van der Waals surface area contributed by atoms with Gasteiger partial charge in [0.05, 0.1) is 17.5 Å². The van der Waals surface area contributed by atoms with Crippen LogP contribution in [-0.4, -0.2) is 72.5 Å². The van der Waals surface area contributed by atoms with Gasteiger partial charge in [0.2, 0.25) is 5.91 Å². The summed E-state index contributed by atoms with van der Waals surface area (Å²) in [7, 11) is 0. The van der Waals surface area contributed by atoms with Gasteiger partial charge in [0.15, 0.2) is 0 Å². The molecule has 2 aromatic carbocycles. The minimum absolute atomic E-state index is 0.112. The van der Waals surface area contributed by atoms with E-state index in [4.69, 9.17) is 0 Å². The van der Waals surface area contributed by atoms with Crippen molar-refractivity contribution in [1.29, 1.82) is 0 Å². The highest BCUT2D eigenvalue weighted by Gasteiger charge is 2.41. The summed E-state index contributed by atoms with van der Waals surface area (Å²) in [6.45, 7) is 10.4. The summed E-state index contributed by atoms with van der Waals surface area (Å²) in [4.78, 5) is 20.5. The van der Waals surface area contributed by atoms with Gasteiger partial charge in [-0.15, -0.1) is 0 Å². The number of rotatable bonds is 9. The average molecular weight is 666 g/mol. The summed E-state index contributed by atoms with van der Waals surface area (Å²) in [5.74, 6) is -0.440. The number of hydrogen-bond acceptors (Lipinski definition) is 3. The Morgan fingerprint density at radius 2 is 1.43 bits per heavy atom. The van der Waals surface area contributed by atoms with E-state index in [-0.39, 0.29) is 17.0 Å². The molecule has 1 atom stereocenters. The first kappa shape index (κ1) is 35.7. The van der Waals surface area contributed by atoms with Gasteiger partial charge in [-0.2, -0.15) is 26.3 Å². The lowest BCUT2D eigenvalue weighted by Crippen LogP contribution is -2.51. The largest absolute Gasteiger partial charge is 0.416 e. The minimum Gasteiger partial charge on any atom is -0.342 e. The summed E-state index contributed by atoms with van der Waals surface area (Å²) in [6, 6.07) is 8.74. The van der Waals surface area contributed by atoms with Crippen LogP contribution in [0.15, 0.2) is 36.4 Å². The van der Waals surface area contributed by atoms with E-state index in [0.29, 0.717) is 31.3 Å². The maximum absolute atomic E-state index is 13.7. The highest BCUT2D eigenvalue weighted by molar-refractivity contribution is 5.79. The van der Waals surface area contributed by atoms with Crippen LogP contribution in [0.4, 0.5) is 26.3 Å². The molecule has 0 radical (unpaired) electrons. The fourth-order valence-electron chi connectivity index (χ4n) is 8.13. The molecule has 1 amide bonds. The first-order valence-corrected chi connectivity index (χ1v) is 17.5. The van der Waals surface area contributed by atoms with Crippen LogP contribution in [0.2, 0.25) is 0 Å². The molecule has 3 saturated heterocycles. The van der Waals surface area contributed by atoms with Crippen LogP contribution in [0, 0.1) is 0 Å². The van der Waals surface area contributed by atoms with Gasteiger partial charge >= 0.3 is 12.4 Å². The van der Waals surface area contributed by atoms with E-state index in [9.17, 15) is 31.1 Å². The van der Waals surface area contributed by atoms with Crippen molar-refractivity contribution < 1.29 is 31.1 Å². The van der Waals surface area contributed by atoms with E-state index in [2.05, 4.69) is 41.8 Å². The summed E-state index contributed by atoms with van der Waals surface area (Å²) in [5, 5.41) is 0. The molecule has 3 aliphatic heterocycles. The second-order valence-electron chi connectivity index (χ2n) is 13.9. The van der Waals surface area contributed by atoms with Crippen molar-refractivity contribution in [1.82, 2.24) is 14.7 Å². The smallest absolute Gasteiger partial charge is 0.342 e. The van der Waals surface area contributed by atoms with Crippen LogP contribution >= 0.6 is 0 Å². The van der Waals surface area contributed by atoms with Gasteiger partial charge in [0.1, 0.15) is 0 Å². The molecule has 2 aromatic rings. The number of hydrogen-bond donors (Lipinski definition) is 0. The molecule has 47 heavy (non-hydrogen) atoms. The van der Waals surface area contributed by atoms with Crippen molar-refractivity contribution in [3.8, 4) is 0 Å². The zero-order valence-corrected chi connectivity index (χ0v) is 27.8. The predicted molar refractivity (Wildman–Crippen MR) is 172 cm³/mol. The summed E-state index contributed by atoms with van der Waals surface area (Å²) in [5.41, 5.74) is 0.333. The molecule has 5 rings (SSSR count). The Hall–Kier alpha value is -2.59. The zero-order chi connectivity index (χ0) is 33.8. The Balaban J connectivity index is 1.35. The number of benzene rings is 2. The normalized spacial score (nSPS) is 22.5. The number of nitrogens with zero attached hydrogens (tertiary/aromatic N) is 3. The molecule has 10 heteroatoms. The van der Waals surface area contributed by atoms with Gasteiger partial charge in [-0.05, 0) is 131 Å². The summed E-state index contributed by atoms with van der Waals surface area (Å²) in [6.07, 6.45) is 0.00580. The van der Waals surface area contributed by atoms with Gasteiger partial charge in [0.25, 0.3) is 0 Å². The van der Waals surface area contributed by atoms with Crippen molar-refractivity contribution in [3.63, 3.8) is 0 Å². The van der Waals surface area contributed by atoms with E-state index in [1.165, 1.54) is 49.0 Å². The molecule has 0 N–H and O–H groups in total. The van der Waals surface area contributed by atoms with Crippen LogP contribution in [0.1, 0.15) is 98.6 Å². The second-order valence-corrected chi connectivity index (χ2v) is 13.9. The molecule has 0 spiro atoms. The number of likely N-dealkylation sites (tertiary alicyclic amines) is 3. The third kappa shape index (κ3) is 8.72. The minimum atomic E-state index is -4.96. The molecule has 260 valence electrons. The van der Waals surface area contributed by atoms with Gasteiger partial charge in [-0.1, -0.05) is 38.5 Å². The standard InChI is InChI=1S/C37H49F6N3O/c1-3-28-9-10-30(24-29(28)4-2)35(14-20-44-18-11-33(12-19-44)45-15-6-5-7-16-45)13-8-17-46(26-35)34(47)23-27-21-31(36(38,39)40)25-32(22-27)37(41,42)43/h9-10,21-22,24-25,33H,3-8,11-20,23,26H2,1-2H3. The summed E-state index contributed by atoms with van der Waals surface area (Å²) < 4.78 is 81.1. The molecule has 0 saturated carbocycles. The predicted octanol–water partition coefficient (Wildman–Crippen LogP) is 8.29. The Bertz CT molecular complexity index is 1330. The van der Waals surface area contributed by atoms with Crippen molar-refractivity contribution >= 4 is 5.91 Å². The Kier molecular flexibility index (Phi) is 11.3. The molecule has 1 unspecified atom stereocenters. The van der Waals surface area contributed by atoms with Crippen molar-refractivity contribution in [2.24, 2.45) is 0 Å². The van der Waals surface area contributed by atoms with Crippen molar-refractivity contribution in [3.05, 3.63) is 69.8 Å². The Morgan fingerprint density at radius 3 is 2.02 bits per heavy atom. The lowest BCUT2D eigenvalue weighted by atomic mass is 9.70. The molecule has 3 fully saturated rings. The van der Waals surface area contributed by atoms with Crippen LogP contribution in [0.3, 0.4) is 0 Å². The number of amides is 1. The highest BCUT2D eigenvalue weighted by atomic mass is 19.4. The lowest BCUT2D eigenvalue weighted by molar-refractivity contribution is -0.143. The highest BCUT2D eigenvalue weighted by Crippen LogP contribution is 2.40. The molecule has 0 bridgehead atoms. The molecular formula is C37H49F6N3O. The zero-order valence-electron chi connectivity index (χ0n) is 27.8. The number of piperidine rings is 3. The number of carbonyl (C=O) groups is 1. The van der Waals surface area contributed by atoms with Crippen LogP contribution in [0.25, 0.3) is 0 Å². The fourth-order valence-corrected chi connectivity index (χ4v) is 8.13. The third-order valence-corrected chi connectivity index (χ3v) is 10.9. The topological polar surface area (TPSA) is 26.8 Å². The van der Waals surface area contributed by atoms with E-state index in [0.717, 1.165) is 64.6 Å². The molecule has 3 aliphatic rings. The summed E-state index contributed by atoms with van der Waals surface area (Å²) >= 11 is 0. The first-order chi connectivity index (χ1) is 22.3. The quantitative estimate of drug-likeness (QED) is 0.252. The molecule has 0 aliphatic carbocycles. The molecular weight excluding hydrogens is 616 g/mol. The van der Waals surface area contributed by atoms with E-state index in [1.54, 1.807) is 4.90 Å². The number of alkyl halides is 6. The number of carbonyl (C=O) groups excluding carboxylic acids is 1. The Morgan fingerprint density at radius 1 is 0.787 bits per heavy atom. The van der Waals surface area contributed by atoms with E-state index < -0.39 is 35.8 Å². The van der Waals surface area contributed by atoms with Crippen LogP contribution < -0.4 is 0 Å². The Labute approximate surface area is 275 Å². The van der Waals surface area contributed by atoms with Crippen LogP contribution in [0.5, 0.6) is 0 Å². The van der Waals surface area contributed by atoms with Crippen LogP contribution in [-0.2, 0) is 41.8 Å². The van der Waals surface area contributed by atoms with Crippen molar-refractivity contribution in [2.45, 2.75) is 108 Å². The SMILES string of the molecule is CCc1ccc(C2(CCN3CCC(N4CCCCC4)CC3)CCCN(C(=O)Cc3cc(C(F)(F)F)cc(C(F)(F)F)c3)C2)cc1CC. The molecule has 0 aromatic heterocycles. The molecule has 3 heterocycles. The van der Waals surface area contributed by atoms with E-state index in [1.807, 2.05) is 0 Å². The average Bonchev–Trinajstić information content (AvgIpc) is 3.06. The van der Waals surface area contributed by atoms with Gasteiger partial charge < -0.3 is 14.7 Å². The first-order valence-electron chi connectivity index (χ1n) is 17.5. The number of aryl methyl sites for hydroxylation is 2. The van der Waals surface area contributed by atoms with E-state index >= 15 is 0 Å². The monoisotopic (exact) mass is 665 g/mol. The van der Waals surface area contributed by atoms with Gasteiger partial charge in [-0.3, -0.25) is 4.79 Å². The fraction of sp³-hybridized carbons (Fsp3) is 0.649. The third-order valence-electron chi connectivity index (χ3n) is 10.9. The second kappa shape index (κ2) is 14.9. The lowest BCUT2D eigenvalue weighted by Gasteiger charge is -2.46. The van der Waals surface area contributed by atoms with Gasteiger partial charge in [-0.25, -0.2) is 0 Å². The maximum Gasteiger partial charge on any atom is 0.416 e. The van der Waals surface area contributed by atoms with Crippen molar-refractivity contribution in [2.75, 3.05) is 45.8 Å².